The lowest BCUT2D eigenvalue weighted by Gasteiger charge is -2.33. The van der Waals surface area contributed by atoms with Crippen LogP contribution in [0.15, 0.2) is 84.9 Å². The third-order valence-electron chi connectivity index (χ3n) is 6.70. The molecule has 0 aliphatic carbocycles. The van der Waals surface area contributed by atoms with E-state index in [-0.39, 0.29) is 5.56 Å². The van der Waals surface area contributed by atoms with Crippen LogP contribution >= 0.6 is 0 Å². The van der Waals surface area contributed by atoms with Crippen LogP contribution < -0.4 is 4.74 Å². The molecule has 3 aromatic rings. The number of hydrogen-bond donors (Lipinski definition) is 1. The molecular formula is C30H30N2O3. The number of aromatic carboxylic acids is 1. The molecule has 2 aliphatic heterocycles. The summed E-state index contributed by atoms with van der Waals surface area (Å²) in [6.07, 6.45) is 6.67. The molecule has 0 unspecified atom stereocenters. The highest BCUT2D eigenvalue weighted by Crippen LogP contribution is 2.37. The van der Waals surface area contributed by atoms with Gasteiger partial charge in [0.2, 0.25) is 0 Å². The van der Waals surface area contributed by atoms with Crippen LogP contribution in [0.2, 0.25) is 0 Å². The van der Waals surface area contributed by atoms with Crippen molar-refractivity contribution < 1.29 is 14.6 Å². The summed E-state index contributed by atoms with van der Waals surface area (Å²) < 4.78 is 6.05. The number of carbonyl (C=O) groups is 1. The fourth-order valence-corrected chi connectivity index (χ4v) is 4.71. The Kier molecular flexibility index (Phi) is 7.07. The summed E-state index contributed by atoms with van der Waals surface area (Å²) in [7, 11) is 0. The maximum absolute atomic E-state index is 11.6. The van der Waals surface area contributed by atoms with Gasteiger partial charge in [-0.3, -0.25) is 9.80 Å². The lowest BCUT2D eigenvalue weighted by atomic mass is 9.93. The summed E-state index contributed by atoms with van der Waals surface area (Å²) in [5.41, 5.74) is 5.62. The zero-order valence-corrected chi connectivity index (χ0v) is 19.8. The van der Waals surface area contributed by atoms with Crippen LogP contribution in [-0.2, 0) is 6.61 Å². The van der Waals surface area contributed by atoms with Gasteiger partial charge in [-0.15, -0.1) is 0 Å². The zero-order valence-electron chi connectivity index (χ0n) is 19.8. The maximum atomic E-state index is 11.6. The van der Waals surface area contributed by atoms with E-state index in [2.05, 4.69) is 64.4 Å². The number of carboxylic acid groups (broad SMARTS) is 1. The molecule has 0 saturated carbocycles. The Balaban J connectivity index is 1.29. The van der Waals surface area contributed by atoms with E-state index in [4.69, 9.17) is 4.74 Å². The van der Waals surface area contributed by atoms with Gasteiger partial charge in [0, 0.05) is 44.8 Å². The van der Waals surface area contributed by atoms with E-state index in [9.17, 15) is 9.90 Å². The van der Waals surface area contributed by atoms with Crippen LogP contribution in [0, 0.1) is 0 Å². The third kappa shape index (κ3) is 5.53. The average molecular weight is 467 g/mol. The zero-order chi connectivity index (χ0) is 24.0. The van der Waals surface area contributed by atoms with E-state index < -0.39 is 5.97 Å². The first-order valence-corrected chi connectivity index (χ1v) is 12.1. The van der Waals surface area contributed by atoms with E-state index in [0.717, 1.165) is 67.3 Å². The molecule has 1 N–H and O–H groups in total. The lowest BCUT2D eigenvalue weighted by Crippen LogP contribution is -2.46. The smallest absolute Gasteiger partial charge is 0.335 e. The number of benzene rings is 3. The largest absolute Gasteiger partial charge is 0.488 e. The molecule has 1 fully saturated rings. The second-order valence-electron chi connectivity index (χ2n) is 8.99. The van der Waals surface area contributed by atoms with Gasteiger partial charge in [-0.05, 0) is 40.5 Å². The van der Waals surface area contributed by atoms with Crippen molar-refractivity contribution in [2.75, 3.05) is 39.3 Å². The first-order valence-electron chi connectivity index (χ1n) is 12.1. The second-order valence-corrected chi connectivity index (χ2v) is 8.99. The first kappa shape index (κ1) is 23.1. The molecule has 0 bridgehead atoms. The highest BCUT2D eigenvalue weighted by Gasteiger charge is 2.21. The Bertz CT molecular complexity index is 1240. The van der Waals surface area contributed by atoms with Gasteiger partial charge in [-0.2, -0.15) is 0 Å². The molecule has 5 rings (SSSR count). The minimum atomic E-state index is -0.929. The standard InChI is InChI=1S/C30H30N2O3/c33-30(34)24-12-13-29-28(21-24)27(26-11-5-4-10-25(26)22-35-29)14-16-32-19-17-31(18-20-32)15-6-9-23-7-2-1-3-8-23/h1-14,21H,15-20,22H2,(H,33,34). The highest BCUT2D eigenvalue weighted by molar-refractivity contribution is 5.92. The second kappa shape index (κ2) is 10.7. The minimum Gasteiger partial charge on any atom is -0.488 e. The van der Waals surface area contributed by atoms with Crippen molar-refractivity contribution in [1.82, 2.24) is 9.80 Å². The van der Waals surface area contributed by atoms with Gasteiger partial charge >= 0.3 is 5.97 Å². The molecule has 1 saturated heterocycles. The molecule has 35 heavy (non-hydrogen) atoms. The Morgan fingerprint density at radius 3 is 2.34 bits per heavy atom. The van der Waals surface area contributed by atoms with Gasteiger partial charge in [0.25, 0.3) is 0 Å². The van der Waals surface area contributed by atoms with Crippen molar-refractivity contribution in [2.24, 2.45) is 0 Å². The Morgan fingerprint density at radius 2 is 1.57 bits per heavy atom. The van der Waals surface area contributed by atoms with Crippen LogP contribution in [0.4, 0.5) is 0 Å². The summed E-state index contributed by atoms with van der Waals surface area (Å²) in [5, 5.41) is 9.55. The summed E-state index contributed by atoms with van der Waals surface area (Å²) >= 11 is 0. The SMILES string of the molecule is O=C(O)c1ccc2c(c1)C(=CCN1CCN(CC=Cc3ccccc3)CC1)c1ccccc1CO2. The van der Waals surface area contributed by atoms with Gasteiger partial charge in [-0.25, -0.2) is 4.79 Å². The van der Waals surface area contributed by atoms with Crippen molar-refractivity contribution in [1.29, 1.82) is 0 Å². The topological polar surface area (TPSA) is 53.0 Å². The minimum absolute atomic E-state index is 0.273. The van der Waals surface area contributed by atoms with E-state index >= 15 is 0 Å². The molecule has 2 heterocycles. The number of carboxylic acids is 1. The molecule has 0 amide bonds. The van der Waals surface area contributed by atoms with E-state index in [0.29, 0.717) is 6.61 Å². The van der Waals surface area contributed by atoms with Crippen molar-refractivity contribution in [2.45, 2.75) is 6.61 Å². The number of piperazine rings is 1. The summed E-state index contributed by atoms with van der Waals surface area (Å²) in [5.74, 6) is -0.199. The van der Waals surface area contributed by atoms with Gasteiger partial charge < -0.3 is 9.84 Å². The highest BCUT2D eigenvalue weighted by atomic mass is 16.5. The molecule has 5 heteroatoms. The van der Waals surface area contributed by atoms with Crippen LogP contribution in [0.3, 0.4) is 0 Å². The van der Waals surface area contributed by atoms with Crippen molar-refractivity contribution in [3.63, 3.8) is 0 Å². The fraction of sp³-hybridized carbons (Fsp3) is 0.233. The predicted molar refractivity (Wildman–Crippen MR) is 140 cm³/mol. The fourth-order valence-electron chi connectivity index (χ4n) is 4.71. The summed E-state index contributed by atoms with van der Waals surface area (Å²) in [4.78, 5) is 16.6. The van der Waals surface area contributed by atoms with Crippen LogP contribution in [0.5, 0.6) is 5.75 Å². The molecular weight excluding hydrogens is 436 g/mol. The molecule has 0 atom stereocenters. The van der Waals surface area contributed by atoms with Gasteiger partial charge in [-0.1, -0.05) is 72.8 Å². The van der Waals surface area contributed by atoms with E-state index in [1.165, 1.54) is 5.56 Å². The number of ether oxygens (including phenoxy) is 1. The number of fused-ring (bicyclic) bond motifs is 2. The molecule has 178 valence electrons. The quantitative estimate of drug-likeness (QED) is 0.552. The average Bonchev–Trinajstić information content (AvgIpc) is 3.05. The monoisotopic (exact) mass is 466 g/mol. The maximum Gasteiger partial charge on any atom is 0.335 e. The lowest BCUT2D eigenvalue weighted by molar-refractivity contribution is 0.0697. The van der Waals surface area contributed by atoms with E-state index in [1.807, 2.05) is 18.2 Å². The normalized spacial score (nSPS) is 17.5. The Hall–Kier alpha value is -3.67. The molecule has 0 spiro atoms. The van der Waals surface area contributed by atoms with Gasteiger partial charge in [0.05, 0.1) is 5.56 Å². The molecule has 3 aromatic carbocycles. The van der Waals surface area contributed by atoms with Gasteiger partial charge in [0.1, 0.15) is 12.4 Å². The van der Waals surface area contributed by atoms with Crippen LogP contribution in [-0.4, -0.2) is 60.1 Å². The van der Waals surface area contributed by atoms with Crippen molar-refractivity contribution in [3.8, 4) is 5.75 Å². The third-order valence-corrected chi connectivity index (χ3v) is 6.70. The van der Waals surface area contributed by atoms with Crippen LogP contribution in [0.25, 0.3) is 11.6 Å². The number of hydrogen-bond acceptors (Lipinski definition) is 4. The molecule has 2 aliphatic rings. The Labute approximate surface area is 206 Å². The Morgan fingerprint density at radius 1 is 0.857 bits per heavy atom. The molecule has 0 aromatic heterocycles. The van der Waals surface area contributed by atoms with Gasteiger partial charge in [0.15, 0.2) is 0 Å². The molecule has 5 nitrogen and oxygen atoms in total. The first-order chi connectivity index (χ1) is 17.2. The number of nitrogens with zero attached hydrogens (tertiary/aromatic N) is 2. The molecule has 0 radical (unpaired) electrons. The predicted octanol–water partition coefficient (Wildman–Crippen LogP) is 5.04. The van der Waals surface area contributed by atoms with Crippen molar-refractivity contribution in [3.05, 3.63) is 113 Å². The number of rotatable bonds is 6. The summed E-state index contributed by atoms with van der Waals surface area (Å²) in [6.45, 7) is 6.31. The van der Waals surface area contributed by atoms with Crippen molar-refractivity contribution >= 4 is 17.6 Å². The van der Waals surface area contributed by atoms with E-state index in [1.54, 1.807) is 18.2 Å². The van der Waals surface area contributed by atoms with Crippen LogP contribution in [0.1, 0.15) is 32.6 Å². The summed E-state index contributed by atoms with van der Waals surface area (Å²) in [6, 6.07) is 23.8.